The molecule has 1 aromatic heterocycles. The lowest BCUT2D eigenvalue weighted by Crippen LogP contribution is -1.98. The van der Waals surface area contributed by atoms with Crippen molar-refractivity contribution in [3.63, 3.8) is 0 Å². The minimum absolute atomic E-state index is 0.220. The largest absolute Gasteiger partial charge is 0.241 e. The van der Waals surface area contributed by atoms with Gasteiger partial charge in [-0.3, -0.25) is 0 Å². The predicted molar refractivity (Wildman–Crippen MR) is 68.4 cm³/mol. The molecule has 0 amide bonds. The maximum absolute atomic E-state index is 5.54. The van der Waals surface area contributed by atoms with Crippen LogP contribution >= 0.6 is 11.3 Å². The quantitative estimate of drug-likeness (QED) is 0.729. The van der Waals surface area contributed by atoms with Crippen LogP contribution in [-0.4, -0.2) is 4.98 Å². The summed E-state index contributed by atoms with van der Waals surface area (Å²) in [5.74, 6) is 2.93. The van der Waals surface area contributed by atoms with Gasteiger partial charge in [-0.1, -0.05) is 18.1 Å². The van der Waals surface area contributed by atoms with E-state index in [0.29, 0.717) is 0 Å². The molecule has 0 bridgehead atoms. The first-order valence-electron chi connectivity index (χ1n) is 5.64. The number of aryl methyl sites for hydroxylation is 1. The van der Waals surface area contributed by atoms with Gasteiger partial charge in [-0.15, -0.1) is 17.8 Å². The fraction of sp³-hybridized carbons (Fsp3) is 0.357. The topological polar surface area (TPSA) is 12.9 Å². The Hall–Kier alpha value is -1.33. The number of terminal acetylenes is 1. The molecule has 2 heteroatoms. The van der Waals surface area contributed by atoms with Gasteiger partial charge in [0.25, 0.3) is 0 Å². The number of nitrogens with zero attached hydrogens (tertiary/aromatic N) is 1. The molecular formula is C14H13NS. The summed E-state index contributed by atoms with van der Waals surface area (Å²) in [6.45, 7) is 0. The van der Waals surface area contributed by atoms with Crippen LogP contribution < -0.4 is 0 Å². The van der Waals surface area contributed by atoms with Crippen LogP contribution in [0.5, 0.6) is 0 Å². The zero-order chi connectivity index (χ0) is 11.0. The lowest BCUT2D eigenvalue weighted by molar-refractivity contribution is 0.605. The Kier molecular flexibility index (Phi) is 2.22. The maximum Gasteiger partial charge on any atom is 0.0939 e. The van der Waals surface area contributed by atoms with Crippen LogP contribution in [0.4, 0.5) is 0 Å². The van der Waals surface area contributed by atoms with Crippen LogP contribution in [0.15, 0.2) is 24.3 Å². The van der Waals surface area contributed by atoms with E-state index in [1.54, 1.807) is 11.3 Å². The second kappa shape index (κ2) is 3.61. The molecule has 1 aromatic carbocycles. The van der Waals surface area contributed by atoms with Crippen molar-refractivity contribution >= 4 is 21.6 Å². The first kappa shape index (κ1) is 9.86. The molecule has 0 atom stereocenters. The molecule has 1 aliphatic carbocycles. The molecule has 16 heavy (non-hydrogen) atoms. The Morgan fingerprint density at radius 2 is 2.19 bits per heavy atom. The molecule has 1 nitrogen and oxygen atoms in total. The van der Waals surface area contributed by atoms with Gasteiger partial charge < -0.3 is 0 Å². The van der Waals surface area contributed by atoms with E-state index >= 15 is 0 Å². The molecular weight excluding hydrogens is 214 g/mol. The van der Waals surface area contributed by atoms with Crippen molar-refractivity contribution in [2.45, 2.75) is 25.7 Å². The molecule has 0 radical (unpaired) electrons. The van der Waals surface area contributed by atoms with Gasteiger partial charge >= 0.3 is 0 Å². The van der Waals surface area contributed by atoms with Crippen molar-refractivity contribution in [1.29, 1.82) is 0 Å². The highest BCUT2D eigenvalue weighted by Gasteiger charge is 2.40. The Labute approximate surface area is 99.5 Å². The summed E-state index contributed by atoms with van der Waals surface area (Å²) >= 11 is 1.80. The fourth-order valence-electron chi connectivity index (χ4n) is 1.99. The molecule has 1 heterocycles. The number of rotatable bonds is 3. The van der Waals surface area contributed by atoms with Crippen LogP contribution in [0.25, 0.3) is 10.2 Å². The van der Waals surface area contributed by atoms with E-state index in [0.717, 1.165) is 18.4 Å². The average Bonchev–Trinajstić information content (AvgIpc) is 2.98. The van der Waals surface area contributed by atoms with Gasteiger partial charge in [-0.25, -0.2) is 4.98 Å². The lowest BCUT2D eigenvalue weighted by Gasteiger charge is -2.03. The third-order valence-electron chi connectivity index (χ3n) is 3.32. The summed E-state index contributed by atoms with van der Waals surface area (Å²) < 4.78 is 1.28. The Morgan fingerprint density at radius 1 is 1.38 bits per heavy atom. The van der Waals surface area contributed by atoms with Gasteiger partial charge in [0.2, 0.25) is 0 Å². The number of thiazole rings is 1. The van der Waals surface area contributed by atoms with Crippen LogP contribution in [0.1, 0.15) is 24.3 Å². The van der Waals surface area contributed by atoms with E-state index in [1.807, 2.05) is 6.07 Å². The molecule has 1 fully saturated rings. The summed E-state index contributed by atoms with van der Waals surface area (Å²) in [4.78, 5) is 4.63. The standard InChI is InChI=1S/C14H13NS/c1-2-14(9-10-14)8-7-13-15-11-5-3-4-6-12(11)16-13/h1,3-6H,7-10H2. The summed E-state index contributed by atoms with van der Waals surface area (Å²) in [7, 11) is 0. The number of fused-ring (bicyclic) bond motifs is 1. The molecule has 0 N–H and O–H groups in total. The van der Waals surface area contributed by atoms with Crippen molar-refractivity contribution < 1.29 is 0 Å². The molecule has 1 aliphatic rings. The van der Waals surface area contributed by atoms with Gasteiger partial charge in [-0.2, -0.15) is 0 Å². The first-order valence-corrected chi connectivity index (χ1v) is 6.45. The van der Waals surface area contributed by atoms with Crippen molar-refractivity contribution in [3.8, 4) is 12.3 Å². The molecule has 80 valence electrons. The smallest absolute Gasteiger partial charge is 0.0939 e. The van der Waals surface area contributed by atoms with E-state index in [2.05, 4.69) is 29.1 Å². The normalized spacial score (nSPS) is 17.2. The average molecular weight is 227 g/mol. The van der Waals surface area contributed by atoms with Crippen LogP contribution in [0.2, 0.25) is 0 Å². The molecule has 0 aliphatic heterocycles. The summed E-state index contributed by atoms with van der Waals surface area (Å²) in [5, 5.41) is 1.22. The van der Waals surface area contributed by atoms with Gasteiger partial charge in [0.05, 0.1) is 15.2 Å². The minimum Gasteiger partial charge on any atom is -0.241 e. The van der Waals surface area contributed by atoms with Gasteiger partial charge in [-0.05, 0) is 31.4 Å². The van der Waals surface area contributed by atoms with Gasteiger partial charge in [0, 0.05) is 11.8 Å². The second-order valence-corrected chi connectivity index (χ2v) is 5.62. The zero-order valence-corrected chi connectivity index (χ0v) is 9.89. The second-order valence-electron chi connectivity index (χ2n) is 4.50. The number of hydrogen-bond donors (Lipinski definition) is 0. The Bertz CT molecular complexity index is 524. The molecule has 0 unspecified atom stereocenters. The fourth-order valence-corrected chi connectivity index (χ4v) is 2.96. The number of benzene rings is 1. The van der Waals surface area contributed by atoms with Gasteiger partial charge in [0.15, 0.2) is 0 Å². The van der Waals surface area contributed by atoms with E-state index in [9.17, 15) is 0 Å². The van der Waals surface area contributed by atoms with Crippen LogP contribution in [-0.2, 0) is 6.42 Å². The Morgan fingerprint density at radius 3 is 2.88 bits per heavy atom. The van der Waals surface area contributed by atoms with E-state index < -0.39 is 0 Å². The molecule has 0 spiro atoms. The van der Waals surface area contributed by atoms with Crippen molar-refractivity contribution in [1.82, 2.24) is 4.98 Å². The van der Waals surface area contributed by atoms with E-state index in [1.165, 1.54) is 22.5 Å². The SMILES string of the molecule is C#CC1(CCc2nc3ccccc3s2)CC1. The van der Waals surface area contributed by atoms with Gasteiger partial charge in [0.1, 0.15) is 0 Å². The molecule has 1 saturated carbocycles. The Balaban J connectivity index is 1.78. The maximum atomic E-state index is 5.54. The highest BCUT2D eigenvalue weighted by molar-refractivity contribution is 7.18. The van der Waals surface area contributed by atoms with E-state index in [4.69, 9.17) is 6.42 Å². The van der Waals surface area contributed by atoms with Crippen molar-refractivity contribution in [2.75, 3.05) is 0 Å². The van der Waals surface area contributed by atoms with Crippen LogP contribution in [0, 0.1) is 17.8 Å². The monoisotopic (exact) mass is 227 g/mol. The van der Waals surface area contributed by atoms with Crippen molar-refractivity contribution in [2.24, 2.45) is 5.41 Å². The highest BCUT2D eigenvalue weighted by Crippen LogP contribution is 2.48. The van der Waals surface area contributed by atoms with E-state index in [-0.39, 0.29) is 5.41 Å². The molecule has 2 aromatic rings. The summed E-state index contributed by atoms with van der Waals surface area (Å²) in [5.41, 5.74) is 1.34. The zero-order valence-electron chi connectivity index (χ0n) is 9.07. The third-order valence-corrected chi connectivity index (χ3v) is 4.41. The lowest BCUT2D eigenvalue weighted by atomic mass is 10.0. The number of hydrogen-bond acceptors (Lipinski definition) is 2. The summed E-state index contributed by atoms with van der Waals surface area (Å²) in [6.07, 6.45) is 10.1. The highest BCUT2D eigenvalue weighted by atomic mass is 32.1. The van der Waals surface area contributed by atoms with Crippen molar-refractivity contribution in [3.05, 3.63) is 29.3 Å². The molecule has 0 saturated heterocycles. The number of para-hydroxylation sites is 1. The number of aromatic nitrogens is 1. The first-order chi connectivity index (χ1) is 7.81. The van der Waals surface area contributed by atoms with Crippen LogP contribution in [0.3, 0.4) is 0 Å². The summed E-state index contributed by atoms with van der Waals surface area (Å²) in [6, 6.07) is 8.30. The predicted octanol–water partition coefficient (Wildman–Crippen LogP) is 3.64. The third kappa shape index (κ3) is 1.72. The molecule has 3 rings (SSSR count). The minimum atomic E-state index is 0.220.